The number of rotatable bonds is 4. The highest BCUT2D eigenvalue weighted by atomic mass is 35.5. The quantitative estimate of drug-likeness (QED) is 0.942. The third-order valence-electron chi connectivity index (χ3n) is 4.55. The number of aryl methyl sites for hydroxylation is 1. The largest absolute Gasteiger partial charge is 0.350 e. The van der Waals surface area contributed by atoms with E-state index >= 15 is 0 Å². The second-order valence-electron chi connectivity index (χ2n) is 6.28. The molecule has 0 atom stereocenters. The number of carbonyl (C=O) groups is 1. The number of aromatic nitrogens is 2. The number of carbonyl (C=O) groups excluding carboxylic acids is 1. The molecule has 1 heterocycles. The first kappa shape index (κ1) is 15.1. The number of imidazole rings is 1. The van der Waals surface area contributed by atoms with Crippen LogP contribution in [0.25, 0.3) is 0 Å². The van der Waals surface area contributed by atoms with Crippen LogP contribution in [0.15, 0.2) is 36.8 Å². The van der Waals surface area contributed by atoms with Gasteiger partial charge < -0.3 is 9.88 Å². The van der Waals surface area contributed by atoms with E-state index in [1.807, 2.05) is 35.9 Å². The van der Waals surface area contributed by atoms with E-state index in [1.54, 1.807) is 12.5 Å². The number of hydrogen-bond acceptors (Lipinski definition) is 2. The average molecular weight is 318 g/mol. The van der Waals surface area contributed by atoms with Crippen LogP contribution in [0.2, 0.25) is 5.02 Å². The smallest absolute Gasteiger partial charge is 0.230 e. The molecule has 1 aromatic heterocycles. The minimum Gasteiger partial charge on any atom is -0.350 e. The van der Waals surface area contributed by atoms with Gasteiger partial charge in [0.25, 0.3) is 0 Å². The summed E-state index contributed by atoms with van der Waals surface area (Å²) in [4.78, 5) is 16.9. The molecule has 1 amide bonds. The van der Waals surface area contributed by atoms with Crippen LogP contribution in [0.1, 0.15) is 31.0 Å². The summed E-state index contributed by atoms with van der Waals surface area (Å²) in [5.74, 6) is 0.635. The van der Waals surface area contributed by atoms with Crippen LogP contribution in [0, 0.1) is 5.92 Å². The molecule has 1 fully saturated rings. The molecule has 0 radical (unpaired) electrons. The SMILES string of the molecule is CC1CC(C(=O)NCc2cncn2C)(c2cccc(Cl)c2)C1. The normalized spacial score (nSPS) is 23.9. The van der Waals surface area contributed by atoms with E-state index in [9.17, 15) is 4.79 Å². The molecule has 5 heteroatoms. The monoisotopic (exact) mass is 317 g/mol. The lowest BCUT2D eigenvalue weighted by Gasteiger charge is -2.45. The topological polar surface area (TPSA) is 46.9 Å². The Morgan fingerprint density at radius 1 is 1.50 bits per heavy atom. The van der Waals surface area contributed by atoms with Gasteiger partial charge in [-0.1, -0.05) is 30.7 Å². The van der Waals surface area contributed by atoms with Crippen molar-refractivity contribution in [1.29, 1.82) is 0 Å². The van der Waals surface area contributed by atoms with E-state index in [0.717, 1.165) is 24.1 Å². The lowest BCUT2D eigenvalue weighted by Crippen LogP contribution is -2.52. The summed E-state index contributed by atoms with van der Waals surface area (Å²) in [6.45, 7) is 2.67. The number of nitrogens with zero attached hydrogens (tertiary/aromatic N) is 2. The second kappa shape index (κ2) is 5.76. The van der Waals surface area contributed by atoms with Crippen LogP contribution >= 0.6 is 11.6 Å². The predicted molar refractivity (Wildman–Crippen MR) is 86.6 cm³/mol. The van der Waals surface area contributed by atoms with Gasteiger partial charge in [-0.3, -0.25) is 4.79 Å². The van der Waals surface area contributed by atoms with E-state index < -0.39 is 5.41 Å². The molecule has 0 unspecified atom stereocenters. The average Bonchev–Trinajstić information content (AvgIpc) is 2.86. The zero-order chi connectivity index (χ0) is 15.7. The number of nitrogens with one attached hydrogen (secondary N) is 1. The maximum absolute atomic E-state index is 12.8. The van der Waals surface area contributed by atoms with Gasteiger partial charge in [0, 0.05) is 18.3 Å². The lowest BCUT2D eigenvalue weighted by atomic mass is 9.58. The number of benzene rings is 1. The highest BCUT2D eigenvalue weighted by Crippen LogP contribution is 2.48. The summed E-state index contributed by atoms with van der Waals surface area (Å²) in [7, 11) is 1.92. The Kier molecular flexibility index (Phi) is 3.96. The fraction of sp³-hybridized carbons (Fsp3) is 0.412. The molecule has 1 aliphatic rings. The lowest BCUT2D eigenvalue weighted by molar-refractivity contribution is -0.132. The summed E-state index contributed by atoms with van der Waals surface area (Å²) < 4.78 is 1.91. The Morgan fingerprint density at radius 2 is 2.27 bits per heavy atom. The first-order valence-corrected chi connectivity index (χ1v) is 7.88. The third-order valence-corrected chi connectivity index (χ3v) is 4.79. The van der Waals surface area contributed by atoms with Crippen molar-refractivity contribution in [2.45, 2.75) is 31.7 Å². The van der Waals surface area contributed by atoms with Crippen molar-refractivity contribution in [3.8, 4) is 0 Å². The Labute approximate surface area is 135 Å². The van der Waals surface area contributed by atoms with Gasteiger partial charge in [-0.05, 0) is 36.5 Å². The van der Waals surface area contributed by atoms with Crippen molar-refractivity contribution < 1.29 is 4.79 Å². The van der Waals surface area contributed by atoms with Crippen molar-refractivity contribution in [3.63, 3.8) is 0 Å². The molecule has 0 spiro atoms. The van der Waals surface area contributed by atoms with Gasteiger partial charge in [0.2, 0.25) is 5.91 Å². The van der Waals surface area contributed by atoms with Crippen molar-refractivity contribution in [1.82, 2.24) is 14.9 Å². The Hall–Kier alpha value is -1.81. The summed E-state index contributed by atoms with van der Waals surface area (Å²) in [6, 6.07) is 7.67. The van der Waals surface area contributed by atoms with Gasteiger partial charge in [-0.15, -0.1) is 0 Å². The molecule has 1 N–H and O–H groups in total. The number of amides is 1. The molecule has 116 valence electrons. The van der Waals surface area contributed by atoms with Crippen LogP contribution in [0.5, 0.6) is 0 Å². The third kappa shape index (κ3) is 2.63. The highest BCUT2D eigenvalue weighted by Gasteiger charge is 2.49. The maximum Gasteiger partial charge on any atom is 0.230 e. The van der Waals surface area contributed by atoms with Crippen LogP contribution in [0.4, 0.5) is 0 Å². The molecule has 22 heavy (non-hydrogen) atoms. The van der Waals surface area contributed by atoms with Gasteiger partial charge in [0.15, 0.2) is 0 Å². The molecule has 1 aliphatic carbocycles. The van der Waals surface area contributed by atoms with Gasteiger partial charge >= 0.3 is 0 Å². The molecular formula is C17H20ClN3O. The molecule has 3 rings (SSSR count). The molecule has 2 aromatic rings. The first-order valence-electron chi connectivity index (χ1n) is 7.51. The molecular weight excluding hydrogens is 298 g/mol. The zero-order valence-corrected chi connectivity index (χ0v) is 13.6. The van der Waals surface area contributed by atoms with E-state index in [-0.39, 0.29) is 5.91 Å². The van der Waals surface area contributed by atoms with Gasteiger partial charge in [0.05, 0.1) is 24.0 Å². The molecule has 1 saturated carbocycles. The Morgan fingerprint density at radius 3 is 2.86 bits per heavy atom. The predicted octanol–water partition coefficient (Wildman–Crippen LogP) is 3.06. The summed E-state index contributed by atoms with van der Waals surface area (Å²) >= 11 is 6.11. The Balaban J connectivity index is 1.79. The minimum atomic E-state index is -0.442. The minimum absolute atomic E-state index is 0.0778. The standard InChI is InChI=1S/C17H20ClN3O/c1-12-7-17(8-12,13-4-3-5-14(18)6-13)16(22)20-10-15-9-19-11-21(15)2/h3-6,9,11-12H,7-8,10H2,1-2H3,(H,20,22). The summed E-state index contributed by atoms with van der Waals surface area (Å²) in [5, 5.41) is 3.74. The molecule has 0 saturated heterocycles. The van der Waals surface area contributed by atoms with Crippen LogP contribution < -0.4 is 5.32 Å². The fourth-order valence-corrected chi connectivity index (χ4v) is 3.55. The van der Waals surface area contributed by atoms with Crippen molar-refractivity contribution in [2.75, 3.05) is 0 Å². The zero-order valence-electron chi connectivity index (χ0n) is 12.8. The maximum atomic E-state index is 12.8. The van der Waals surface area contributed by atoms with E-state index in [0.29, 0.717) is 17.5 Å². The highest BCUT2D eigenvalue weighted by molar-refractivity contribution is 6.30. The van der Waals surface area contributed by atoms with Gasteiger partial charge in [-0.25, -0.2) is 4.98 Å². The van der Waals surface area contributed by atoms with Crippen LogP contribution in [0.3, 0.4) is 0 Å². The second-order valence-corrected chi connectivity index (χ2v) is 6.72. The fourth-order valence-electron chi connectivity index (χ4n) is 3.36. The van der Waals surface area contributed by atoms with Crippen molar-refractivity contribution in [2.24, 2.45) is 13.0 Å². The van der Waals surface area contributed by atoms with E-state index in [1.165, 1.54) is 0 Å². The van der Waals surface area contributed by atoms with E-state index in [2.05, 4.69) is 17.2 Å². The Bertz CT molecular complexity index is 689. The molecule has 1 aromatic carbocycles. The van der Waals surface area contributed by atoms with Crippen LogP contribution in [-0.4, -0.2) is 15.5 Å². The molecule has 4 nitrogen and oxygen atoms in total. The number of halogens is 1. The number of hydrogen-bond donors (Lipinski definition) is 1. The summed E-state index contributed by atoms with van der Waals surface area (Å²) in [6.07, 6.45) is 5.24. The summed E-state index contributed by atoms with van der Waals surface area (Å²) in [5.41, 5.74) is 1.56. The van der Waals surface area contributed by atoms with Crippen molar-refractivity contribution >= 4 is 17.5 Å². The first-order chi connectivity index (χ1) is 10.5. The molecule has 0 aliphatic heterocycles. The van der Waals surface area contributed by atoms with Crippen LogP contribution in [-0.2, 0) is 23.8 Å². The van der Waals surface area contributed by atoms with E-state index in [4.69, 9.17) is 11.6 Å². The van der Waals surface area contributed by atoms with Gasteiger partial charge in [-0.2, -0.15) is 0 Å². The van der Waals surface area contributed by atoms with Gasteiger partial charge in [0.1, 0.15) is 0 Å². The van der Waals surface area contributed by atoms with Crippen molar-refractivity contribution in [3.05, 3.63) is 53.1 Å². The molecule has 0 bridgehead atoms.